The van der Waals surface area contributed by atoms with Gasteiger partial charge < -0.3 is 16.8 Å². The van der Waals surface area contributed by atoms with Crippen molar-refractivity contribution in [1.82, 2.24) is 0 Å². The number of amides is 1. The first-order valence-corrected chi connectivity index (χ1v) is 9.27. The molecule has 0 unspecified atom stereocenters. The summed E-state index contributed by atoms with van der Waals surface area (Å²) in [4.78, 5) is 15.4. The molecule has 1 amide bonds. The highest BCUT2D eigenvalue weighted by atomic mass is 127. The van der Waals surface area contributed by atoms with E-state index in [0.717, 1.165) is 28.2 Å². The van der Waals surface area contributed by atoms with Gasteiger partial charge in [-0.2, -0.15) is 4.99 Å². The quantitative estimate of drug-likeness (QED) is 0.234. The first-order chi connectivity index (χ1) is 9.29. The predicted octanol–water partition coefficient (Wildman–Crippen LogP) is 2.38. The maximum absolute atomic E-state index is 11.8. The maximum Gasteiger partial charge on any atom is 0.234 e. The zero-order chi connectivity index (χ0) is 15.3. The predicted molar refractivity (Wildman–Crippen MR) is 109 cm³/mol. The van der Waals surface area contributed by atoms with Gasteiger partial charge in [0, 0.05) is 10.7 Å². The summed E-state index contributed by atoms with van der Waals surface area (Å²) in [5, 5.41) is 10.2. The fourth-order valence-electron chi connectivity index (χ4n) is 1.12. The number of hydrogen-bond acceptors (Lipinski definition) is 3. The van der Waals surface area contributed by atoms with Crippen molar-refractivity contribution in [2.45, 2.75) is 0 Å². The highest BCUT2D eigenvalue weighted by Gasteiger charge is 2.11. The van der Waals surface area contributed by atoms with Crippen molar-refractivity contribution in [3.05, 3.63) is 22.8 Å². The normalized spacial score (nSPS) is 9.95. The van der Waals surface area contributed by atoms with Crippen LogP contribution in [0.2, 0.25) is 0 Å². The fraction of sp³-hybridized carbons (Fsp3) is 0.100. The molecule has 10 heteroatoms. The van der Waals surface area contributed by atoms with E-state index in [0.29, 0.717) is 0 Å². The molecule has 0 radical (unpaired) electrons. The molecule has 1 rings (SSSR count). The fourth-order valence-corrected chi connectivity index (χ4v) is 5.48. The van der Waals surface area contributed by atoms with Crippen molar-refractivity contribution in [3.63, 3.8) is 0 Å². The average Bonchev–Trinajstić information content (AvgIpc) is 2.30. The number of carbonyl (C=O) groups excluding carboxylic acids is 1. The zero-order valence-electron chi connectivity index (χ0n) is 9.91. The number of hydrogen-bond donors (Lipinski definition) is 4. The molecule has 0 atom stereocenters. The third-order valence-corrected chi connectivity index (χ3v) is 4.94. The van der Waals surface area contributed by atoms with Gasteiger partial charge in [0.2, 0.25) is 5.91 Å². The van der Waals surface area contributed by atoms with Crippen molar-refractivity contribution < 1.29 is 4.79 Å². The summed E-state index contributed by atoms with van der Waals surface area (Å²) in [5.74, 6) is -0.319. The Hall–Kier alpha value is 0.170. The number of nitrogens with zero attached hydrogens (tertiary/aromatic N) is 1. The molecule has 0 saturated carbocycles. The number of rotatable bonds is 3. The molecule has 0 spiro atoms. The molecule has 0 bridgehead atoms. The van der Waals surface area contributed by atoms with E-state index in [9.17, 15) is 4.79 Å². The molecule has 1 aromatic carbocycles. The van der Waals surface area contributed by atoms with Crippen molar-refractivity contribution >= 4 is 102 Å². The highest BCUT2D eigenvalue weighted by molar-refractivity contribution is 14.1. The molecule has 6 nitrogen and oxygen atoms in total. The van der Waals surface area contributed by atoms with Crippen LogP contribution in [0.5, 0.6) is 0 Å². The minimum Gasteiger partial charge on any atom is -0.370 e. The van der Waals surface area contributed by atoms with Crippen molar-refractivity contribution in [2.75, 3.05) is 11.1 Å². The highest BCUT2D eigenvalue weighted by Crippen LogP contribution is 2.27. The van der Waals surface area contributed by atoms with Gasteiger partial charge in [-0.1, -0.05) is 11.8 Å². The number of guanidine groups is 1. The summed E-state index contributed by atoms with van der Waals surface area (Å²) in [5.41, 5.74) is 11.1. The van der Waals surface area contributed by atoms with Gasteiger partial charge in [-0.3, -0.25) is 10.2 Å². The number of nitrogens with two attached hydrogens (primary N) is 2. The van der Waals surface area contributed by atoms with E-state index < -0.39 is 0 Å². The SMILES string of the molecule is N=C(N=C(N)N)SCC(=O)Nc1c(I)cc(I)cc1I. The number of thioether (sulfide) groups is 1. The molecule has 0 fully saturated rings. The van der Waals surface area contributed by atoms with E-state index in [1.54, 1.807) is 0 Å². The second kappa shape index (κ2) is 8.57. The van der Waals surface area contributed by atoms with Gasteiger partial charge in [0.05, 0.1) is 11.4 Å². The largest absolute Gasteiger partial charge is 0.370 e. The number of benzene rings is 1. The van der Waals surface area contributed by atoms with Crippen LogP contribution in [0.3, 0.4) is 0 Å². The molecule has 0 saturated heterocycles. The molecular weight excluding hydrogens is 619 g/mol. The van der Waals surface area contributed by atoms with Crippen LogP contribution in [0.25, 0.3) is 0 Å². The second-order valence-corrected chi connectivity index (χ2v) is 7.96. The summed E-state index contributed by atoms with van der Waals surface area (Å²) in [6.45, 7) is 0. The Bertz CT molecular complexity index is 551. The lowest BCUT2D eigenvalue weighted by Crippen LogP contribution is -2.24. The maximum atomic E-state index is 11.8. The second-order valence-electron chi connectivity index (χ2n) is 3.42. The zero-order valence-corrected chi connectivity index (χ0v) is 17.2. The molecule has 20 heavy (non-hydrogen) atoms. The first kappa shape index (κ1) is 18.2. The average molecular weight is 629 g/mol. The van der Waals surface area contributed by atoms with E-state index in [4.69, 9.17) is 16.9 Å². The van der Waals surface area contributed by atoms with E-state index in [1.807, 2.05) is 12.1 Å². The molecule has 108 valence electrons. The summed E-state index contributed by atoms with van der Waals surface area (Å²) < 4.78 is 3.05. The van der Waals surface area contributed by atoms with Crippen molar-refractivity contribution in [3.8, 4) is 0 Å². The van der Waals surface area contributed by atoms with Crippen molar-refractivity contribution in [2.24, 2.45) is 16.5 Å². The third-order valence-electron chi connectivity index (χ3n) is 1.84. The number of halogens is 3. The summed E-state index contributed by atoms with van der Waals surface area (Å²) >= 11 is 7.54. The number of nitrogens with one attached hydrogen (secondary N) is 2. The summed E-state index contributed by atoms with van der Waals surface area (Å²) in [6, 6.07) is 3.96. The van der Waals surface area contributed by atoms with Gasteiger partial charge in [0.1, 0.15) is 0 Å². The molecule has 0 aromatic heterocycles. The Morgan fingerprint density at radius 2 is 1.85 bits per heavy atom. The number of anilines is 1. The molecule has 6 N–H and O–H groups in total. The van der Waals surface area contributed by atoms with Gasteiger partial charge in [-0.05, 0) is 79.9 Å². The Balaban J connectivity index is 2.64. The first-order valence-electron chi connectivity index (χ1n) is 5.05. The Morgan fingerprint density at radius 1 is 1.30 bits per heavy atom. The van der Waals surface area contributed by atoms with E-state index >= 15 is 0 Å². The van der Waals surface area contributed by atoms with Gasteiger partial charge >= 0.3 is 0 Å². The molecule has 0 aliphatic carbocycles. The van der Waals surface area contributed by atoms with Crippen LogP contribution in [-0.4, -0.2) is 22.8 Å². The minimum absolute atomic E-state index is 0.0771. The van der Waals surface area contributed by atoms with E-state index in [1.165, 1.54) is 0 Å². The lowest BCUT2D eigenvalue weighted by molar-refractivity contribution is -0.113. The Morgan fingerprint density at radius 3 is 2.35 bits per heavy atom. The molecular formula is C10H10I3N5OS. The smallest absolute Gasteiger partial charge is 0.234 e. The Labute approximate surface area is 161 Å². The van der Waals surface area contributed by atoms with Gasteiger partial charge in [0.25, 0.3) is 0 Å². The number of amidine groups is 1. The summed E-state index contributed by atoms with van der Waals surface area (Å²) in [7, 11) is 0. The van der Waals surface area contributed by atoms with Crippen LogP contribution >= 0.6 is 79.5 Å². The van der Waals surface area contributed by atoms with Crippen LogP contribution < -0.4 is 16.8 Å². The molecule has 0 heterocycles. The molecule has 0 aliphatic rings. The Kier molecular flexibility index (Phi) is 7.81. The topological polar surface area (TPSA) is 117 Å². The van der Waals surface area contributed by atoms with Gasteiger partial charge in [-0.25, -0.2) is 0 Å². The van der Waals surface area contributed by atoms with Crippen LogP contribution in [0, 0.1) is 16.1 Å². The lowest BCUT2D eigenvalue weighted by atomic mass is 10.3. The molecule has 1 aromatic rings. The van der Waals surface area contributed by atoms with Crippen molar-refractivity contribution in [1.29, 1.82) is 5.41 Å². The lowest BCUT2D eigenvalue weighted by Gasteiger charge is -2.10. The molecule has 0 aliphatic heterocycles. The summed E-state index contributed by atoms with van der Waals surface area (Å²) in [6.07, 6.45) is 0. The van der Waals surface area contributed by atoms with Crippen LogP contribution in [0.15, 0.2) is 17.1 Å². The van der Waals surface area contributed by atoms with Crippen LogP contribution in [0.4, 0.5) is 5.69 Å². The minimum atomic E-state index is -0.206. The van der Waals surface area contributed by atoms with Gasteiger partial charge in [-0.15, -0.1) is 0 Å². The van der Waals surface area contributed by atoms with Gasteiger partial charge in [0.15, 0.2) is 11.1 Å². The van der Waals surface area contributed by atoms with E-state index in [-0.39, 0.29) is 22.8 Å². The number of carbonyl (C=O) groups is 1. The third kappa shape index (κ3) is 6.30. The van der Waals surface area contributed by atoms with Crippen LogP contribution in [0.1, 0.15) is 0 Å². The monoisotopic (exact) mass is 629 g/mol. The van der Waals surface area contributed by atoms with Crippen LogP contribution in [-0.2, 0) is 4.79 Å². The number of aliphatic imine (C=N–C) groups is 1. The van der Waals surface area contributed by atoms with E-state index in [2.05, 4.69) is 78.1 Å². The standard InChI is InChI=1S/C10H10I3N5OS/c11-4-1-5(12)8(6(13)2-4)17-7(19)3-20-10(16)18-9(14)15/h1-2H,3H2,(H,17,19)(H5,14,15,16,18).